The number of hydrogen-bond donors (Lipinski definition) is 1. The van der Waals surface area contributed by atoms with Gasteiger partial charge in [-0.05, 0) is 59.7 Å². The van der Waals surface area contributed by atoms with Crippen molar-refractivity contribution in [3.63, 3.8) is 0 Å². The van der Waals surface area contributed by atoms with Crippen LogP contribution in [0.15, 0.2) is 24.3 Å². The molecule has 0 spiro atoms. The molecule has 0 amide bonds. The second kappa shape index (κ2) is 7.77. The van der Waals surface area contributed by atoms with Crippen LogP contribution in [0.25, 0.3) is 10.6 Å². The third-order valence-electron chi connectivity index (χ3n) is 5.12. The molecule has 24 heavy (non-hydrogen) atoms. The molecular formula is C20H29N3S. The van der Waals surface area contributed by atoms with Gasteiger partial charge >= 0.3 is 0 Å². The lowest BCUT2D eigenvalue weighted by molar-refractivity contribution is 0.200. The highest BCUT2D eigenvalue weighted by Gasteiger charge is 2.22. The van der Waals surface area contributed by atoms with E-state index in [9.17, 15) is 0 Å². The molecule has 3 nitrogen and oxygen atoms in total. The Morgan fingerprint density at radius 3 is 2.71 bits per heavy atom. The van der Waals surface area contributed by atoms with Crippen LogP contribution < -0.4 is 5.32 Å². The van der Waals surface area contributed by atoms with E-state index in [4.69, 9.17) is 4.98 Å². The van der Waals surface area contributed by atoms with E-state index in [0.717, 1.165) is 24.0 Å². The highest BCUT2D eigenvalue weighted by molar-refractivity contribution is 7.15. The van der Waals surface area contributed by atoms with Crippen molar-refractivity contribution < 1.29 is 0 Å². The summed E-state index contributed by atoms with van der Waals surface area (Å²) in [5, 5.41) is 4.66. The Labute approximate surface area is 150 Å². The van der Waals surface area contributed by atoms with Gasteiger partial charge in [0.15, 0.2) is 0 Å². The maximum absolute atomic E-state index is 4.84. The van der Waals surface area contributed by atoms with Crippen molar-refractivity contribution in [1.82, 2.24) is 15.2 Å². The van der Waals surface area contributed by atoms with Crippen LogP contribution in [0.1, 0.15) is 41.9 Å². The molecule has 0 saturated carbocycles. The van der Waals surface area contributed by atoms with E-state index in [1.807, 2.05) is 11.3 Å². The van der Waals surface area contributed by atoms with Gasteiger partial charge in [0.2, 0.25) is 0 Å². The molecule has 1 aromatic carbocycles. The van der Waals surface area contributed by atoms with Gasteiger partial charge in [-0.1, -0.05) is 29.8 Å². The van der Waals surface area contributed by atoms with Gasteiger partial charge in [-0.3, -0.25) is 4.90 Å². The summed E-state index contributed by atoms with van der Waals surface area (Å²) in [4.78, 5) is 8.74. The first kappa shape index (κ1) is 17.6. The molecule has 4 heteroatoms. The standard InChI is InChI=1S/C20H29N3S/c1-14-7-9-18(10-8-14)20-22-15(2)19(24-20)16(3)23(4)13-17-6-5-11-21-12-17/h7-10,16-17,21H,5-6,11-13H2,1-4H3. The zero-order chi connectivity index (χ0) is 17.1. The lowest BCUT2D eigenvalue weighted by Gasteiger charge is -2.31. The van der Waals surface area contributed by atoms with E-state index in [0.29, 0.717) is 6.04 Å². The maximum Gasteiger partial charge on any atom is 0.123 e. The van der Waals surface area contributed by atoms with Crippen molar-refractivity contribution in [3.05, 3.63) is 40.4 Å². The van der Waals surface area contributed by atoms with Crippen LogP contribution in [0.3, 0.4) is 0 Å². The molecule has 1 aliphatic rings. The second-order valence-electron chi connectivity index (χ2n) is 7.16. The Hall–Kier alpha value is -1.23. The van der Waals surface area contributed by atoms with Crippen LogP contribution in [-0.2, 0) is 0 Å². The second-order valence-corrected chi connectivity index (χ2v) is 8.19. The highest BCUT2D eigenvalue weighted by atomic mass is 32.1. The number of benzene rings is 1. The minimum absolute atomic E-state index is 0.420. The molecule has 1 fully saturated rings. The average Bonchev–Trinajstić information content (AvgIpc) is 2.97. The molecule has 2 heterocycles. The summed E-state index contributed by atoms with van der Waals surface area (Å²) in [6, 6.07) is 9.11. The maximum atomic E-state index is 4.84. The largest absolute Gasteiger partial charge is 0.316 e. The van der Waals surface area contributed by atoms with Gasteiger partial charge in [0.1, 0.15) is 5.01 Å². The number of hydrogen-bond acceptors (Lipinski definition) is 4. The predicted molar refractivity (Wildman–Crippen MR) is 104 cm³/mol. The van der Waals surface area contributed by atoms with E-state index in [1.54, 1.807) is 0 Å². The minimum atomic E-state index is 0.420. The van der Waals surface area contributed by atoms with Crippen molar-refractivity contribution in [2.24, 2.45) is 5.92 Å². The fourth-order valence-electron chi connectivity index (χ4n) is 3.46. The van der Waals surface area contributed by atoms with Gasteiger partial charge < -0.3 is 5.32 Å². The number of thiazole rings is 1. The molecule has 1 aliphatic heterocycles. The summed E-state index contributed by atoms with van der Waals surface area (Å²) >= 11 is 1.85. The molecule has 0 bridgehead atoms. The van der Waals surface area contributed by atoms with E-state index >= 15 is 0 Å². The first-order valence-corrected chi connectivity index (χ1v) is 9.81. The molecule has 0 aliphatic carbocycles. The zero-order valence-electron chi connectivity index (χ0n) is 15.3. The van der Waals surface area contributed by atoms with Crippen LogP contribution in [0.2, 0.25) is 0 Å². The summed E-state index contributed by atoms with van der Waals surface area (Å²) in [5.41, 5.74) is 3.70. The molecule has 2 aromatic rings. The van der Waals surface area contributed by atoms with Gasteiger partial charge in [0, 0.05) is 23.0 Å². The fourth-order valence-corrected chi connectivity index (χ4v) is 4.65. The number of rotatable bonds is 5. The van der Waals surface area contributed by atoms with E-state index in [1.165, 1.54) is 41.1 Å². The van der Waals surface area contributed by atoms with Gasteiger partial charge in [0.25, 0.3) is 0 Å². The van der Waals surface area contributed by atoms with Crippen molar-refractivity contribution in [2.45, 2.75) is 39.7 Å². The first-order valence-electron chi connectivity index (χ1n) is 9.00. The quantitative estimate of drug-likeness (QED) is 0.871. The van der Waals surface area contributed by atoms with Crippen molar-refractivity contribution in [1.29, 1.82) is 0 Å². The van der Waals surface area contributed by atoms with Crippen LogP contribution in [-0.4, -0.2) is 36.6 Å². The molecule has 3 rings (SSSR count). The minimum Gasteiger partial charge on any atom is -0.316 e. The predicted octanol–water partition coefficient (Wildman–Crippen LogP) is 4.42. The monoisotopic (exact) mass is 343 g/mol. The normalized spacial score (nSPS) is 19.6. The Morgan fingerprint density at radius 2 is 2.04 bits per heavy atom. The number of nitrogens with one attached hydrogen (secondary N) is 1. The Morgan fingerprint density at radius 1 is 1.29 bits per heavy atom. The first-order chi connectivity index (χ1) is 11.5. The van der Waals surface area contributed by atoms with E-state index in [2.05, 4.69) is 62.3 Å². The molecule has 0 radical (unpaired) electrons. The Kier molecular flexibility index (Phi) is 5.69. The van der Waals surface area contributed by atoms with Gasteiger partial charge in [-0.15, -0.1) is 11.3 Å². The molecular weight excluding hydrogens is 314 g/mol. The lowest BCUT2D eigenvalue weighted by Crippen LogP contribution is -2.37. The van der Waals surface area contributed by atoms with Crippen molar-refractivity contribution >= 4 is 11.3 Å². The SMILES string of the molecule is Cc1ccc(-c2nc(C)c(C(C)N(C)CC3CCCNC3)s2)cc1. The topological polar surface area (TPSA) is 28.2 Å². The summed E-state index contributed by atoms with van der Waals surface area (Å²) < 4.78 is 0. The molecule has 2 unspecified atom stereocenters. The van der Waals surface area contributed by atoms with Crippen molar-refractivity contribution in [2.75, 3.05) is 26.7 Å². The summed E-state index contributed by atoms with van der Waals surface area (Å²) in [7, 11) is 2.25. The Bertz CT molecular complexity index is 656. The third kappa shape index (κ3) is 4.05. The zero-order valence-corrected chi connectivity index (χ0v) is 16.1. The van der Waals surface area contributed by atoms with Crippen molar-refractivity contribution in [3.8, 4) is 10.6 Å². The van der Waals surface area contributed by atoms with E-state index in [-0.39, 0.29) is 0 Å². The smallest absolute Gasteiger partial charge is 0.123 e. The number of aryl methyl sites for hydroxylation is 2. The van der Waals surface area contributed by atoms with Gasteiger partial charge in [0.05, 0.1) is 5.69 Å². The fraction of sp³-hybridized carbons (Fsp3) is 0.550. The van der Waals surface area contributed by atoms with Crippen LogP contribution >= 0.6 is 11.3 Å². The molecule has 1 N–H and O–H groups in total. The molecule has 1 aromatic heterocycles. The van der Waals surface area contributed by atoms with Gasteiger partial charge in [-0.25, -0.2) is 4.98 Å². The summed E-state index contributed by atoms with van der Waals surface area (Å²) in [6.45, 7) is 10.1. The van der Waals surface area contributed by atoms with E-state index < -0.39 is 0 Å². The van der Waals surface area contributed by atoms with Gasteiger partial charge in [-0.2, -0.15) is 0 Å². The third-order valence-corrected chi connectivity index (χ3v) is 6.49. The van der Waals surface area contributed by atoms with Crippen LogP contribution in [0, 0.1) is 19.8 Å². The lowest BCUT2D eigenvalue weighted by atomic mass is 9.98. The highest BCUT2D eigenvalue weighted by Crippen LogP contribution is 2.34. The molecule has 1 saturated heterocycles. The Balaban J connectivity index is 1.72. The average molecular weight is 344 g/mol. The molecule has 2 atom stereocenters. The number of piperidine rings is 1. The number of aromatic nitrogens is 1. The number of nitrogens with zero attached hydrogens (tertiary/aromatic N) is 2. The summed E-state index contributed by atoms with van der Waals surface area (Å²) in [6.07, 6.45) is 2.66. The molecule has 130 valence electrons. The van der Waals surface area contributed by atoms with Crippen LogP contribution in [0.4, 0.5) is 0 Å². The van der Waals surface area contributed by atoms with Crippen LogP contribution in [0.5, 0.6) is 0 Å². The summed E-state index contributed by atoms with van der Waals surface area (Å²) in [5.74, 6) is 0.774.